The highest BCUT2D eigenvalue weighted by molar-refractivity contribution is 6.41. The third kappa shape index (κ3) is 2.61. The van der Waals surface area contributed by atoms with Crippen molar-refractivity contribution in [1.82, 2.24) is 0 Å². The Morgan fingerprint density at radius 2 is 1.91 bits per heavy atom. The van der Waals surface area contributed by atoms with Gasteiger partial charge in [0, 0.05) is 0 Å². The fourth-order valence-corrected chi connectivity index (χ4v) is 2.30. The maximum absolute atomic E-state index is 8.83. The predicted octanol–water partition coefficient (Wildman–Crippen LogP) is 0.570. The molecule has 62 valence electrons. The zero-order chi connectivity index (χ0) is 8.27. The number of hydrogen-bond acceptors (Lipinski definition) is 2. The summed E-state index contributed by atoms with van der Waals surface area (Å²) in [6.45, 7) is 2.05. The molecule has 2 N–H and O–H groups in total. The van der Waals surface area contributed by atoms with E-state index in [1.54, 1.807) is 0 Å². The molecule has 0 fully saturated rings. The molecule has 0 saturated heterocycles. The molecule has 2 nitrogen and oxygen atoms in total. The summed E-state index contributed by atoms with van der Waals surface area (Å²) >= 11 is 0. The van der Waals surface area contributed by atoms with Crippen LogP contribution in [0.25, 0.3) is 0 Å². The number of rotatable bonds is 3. The Morgan fingerprint density at radius 3 is 2.36 bits per heavy atom. The molecule has 0 saturated carbocycles. The summed E-state index contributed by atoms with van der Waals surface area (Å²) in [5.41, 5.74) is 0. The van der Waals surface area contributed by atoms with Gasteiger partial charge in [0.1, 0.15) is 0 Å². The first-order valence-electron chi connectivity index (χ1n) is 3.91. The standard InChI is InChI=1S/C8H14O2Si/c1-7(6-11(9)10)8-4-2-3-5-8/h2-5,7-11H,6H2,1H3. The SMILES string of the molecule is CC(C[SiH](O)O)C1C=CC=C1. The van der Waals surface area contributed by atoms with Crippen molar-refractivity contribution in [2.24, 2.45) is 11.8 Å². The smallest absolute Gasteiger partial charge is 0.316 e. The van der Waals surface area contributed by atoms with Crippen LogP contribution >= 0.6 is 0 Å². The molecule has 1 aliphatic carbocycles. The maximum atomic E-state index is 8.83. The van der Waals surface area contributed by atoms with Gasteiger partial charge < -0.3 is 9.59 Å². The third-order valence-electron chi connectivity index (χ3n) is 2.02. The summed E-state index contributed by atoms with van der Waals surface area (Å²) in [5.74, 6) is 0.793. The van der Waals surface area contributed by atoms with Crippen LogP contribution in [0, 0.1) is 11.8 Å². The Labute approximate surface area is 68.7 Å². The molecule has 1 atom stereocenters. The van der Waals surface area contributed by atoms with Gasteiger partial charge in [-0.2, -0.15) is 0 Å². The number of allylic oxidation sites excluding steroid dienone is 4. The predicted molar refractivity (Wildman–Crippen MR) is 47.3 cm³/mol. The van der Waals surface area contributed by atoms with Gasteiger partial charge in [0.2, 0.25) is 0 Å². The Kier molecular flexibility index (Phi) is 3.05. The molecule has 0 amide bonds. The van der Waals surface area contributed by atoms with Crippen molar-refractivity contribution in [2.45, 2.75) is 13.0 Å². The van der Waals surface area contributed by atoms with E-state index in [1.165, 1.54) is 0 Å². The van der Waals surface area contributed by atoms with E-state index in [0.29, 0.717) is 17.9 Å². The Hall–Kier alpha value is -0.383. The van der Waals surface area contributed by atoms with Crippen molar-refractivity contribution in [2.75, 3.05) is 0 Å². The van der Waals surface area contributed by atoms with Crippen LogP contribution in [0.15, 0.2) is 24.3 Å². The Morgan fingerprint density at radius 1 is 1.36 bits per heavy atom. The van der Waals surface area contributed by atoms with Crippen molar-refractivity contribution in [3.8, 4) is 0 Å². The normalized spacial score (nSPS) is 20.0. The van der Waals surface area contributed by atoms with Gasteiger partial charge in [-0.1, -0.05) is 31.2 Å². The van der Waals surface area contributed by atoms with Crippen molar-refractivity contribution >= 4 is 9.28 Å². The molecule has 3 heteroatoms. The minimum absolute atomic E-state index is 0.372. The van der Waals surface area contributed by atoms with E-state index < -0.39 is 9.28 Å². The second-order valence-corrected chi connectivity index (χ2v) is 4.47. The molecule has 0 bridgehead atoms. The quantitative estimate of drug-likeness (QED) is 0.608. The van der Waals surface area contributed by atoms with Crippen molar-refractivity contribution in [3.63, 3.8) is 0 Å². The minimum Gasteiger partial charge on any atom is -0.413 e. The molecular formula is C8H14O2Si. The average Bonchev–Trinajstić information content (AvgIpc) is 2.35. The van der Waals surface area contributed by atoms with Crippen LogP contribution in [0.3, 0.4) is 0 Å². The van der Waals surface area contributed by atoms with Crippen molar-refractivity contribution in [1.29, 1.82) is 0 Å². The second-order valence-electron chi connectivity index (χ2n) is 3.04. The van der Waals surface area contributed by atoms with E-state index in [-0.39, 0.29) is 0 Å². The summed E-state index contributed by atoms with van der Waals surface area (Å²) in [7, 11) is -2.35. The topological polar surface area (TPSA) is 40.5 Å². The summed E-state index contributed by atoms with van der Waals surface area (Å²) in [4.78, 5) is 17.7. The molecule has 0 aromatic carbocycles. The first kappa shape index (κ1) is 8.71. The van der Waals surface area contributed by atoms with Crippen LogP contribution in [-0.2, 0) is 0 Å². The van der Waals surface area contributed by atoms with E-state index in [9.17, 15) is 0 Å². The van der Waals surface area contributed by atoms with Gasteiger partial charge in [-0.25, -0.2) is 0 Å². The lowest BCUT2D eigenvalue weighted by molar-refractivity contribution is 0.381. The lowest BCUT2D eigenvalue weighted by Crippen LogP contribution is -2.18. The van der Waals surface area contributed by atoms with Crippen LogP contribution < -0.4 is 0 Å². The molecule has 0 spiro atoms. The molecule has 0 aliphatic heterocycles. The lowest BCUT2D eigenvalue weighted by Gasteiger charge is -2.15. The highest BCUT2D eigenvalue weighted by atomic mass is 28.3. The van der Waals surface area contributed by atoms with Crippen LogP contribution in [0.2, 0.25) is 6.04 Å². The van der Waals surface area contributed by atoms with E-state index in [4.69, 9.17) is 9.59 Å². The average molecular weight is 170 g/mol. The van der Waals surface area contributed by atoms with Crippen LogP contribution in [-0.4, -0.2) is 18.9 Å². The highest BCUT2D eigenvalue weighted by Crippen LogP contribution is 2.22. The van der Waals surface area contributed by atoms with Crippen LogP contribution in [0.1, 0.15) is 6.92 Å². The van der Waals surface area contributed by atoms with Gasteiger partial charge in [0.05, 0.1) is 0 Å². The van der Waals surface area contributed by atoms with E-state index in [1.807, 2.05) is 12.2 Å². The van der Waals surface area contributed by atoms with Gasteiger partial charge in [-0.15, -0.1) is 0 Å². The monoisotopic (exact) mass is 170 g/mol. The molecule has 1 rings (SSSR count). The van der Waals surface area contributed by atoms with Gasteiger partial charge in [0.25, 0.3) is 0 Å². The lowest BCUT2D eigenvalue weighted by atomic mass is 9.98. The van der Waals surface area contributed by atoms with Crippen molar-refractivity contribution < 1.29 is 9.59 Å². The van der Waals surface area contributed by atoms with Crippen molar-refractivity contribution in [3.05, 3.63) is 24.3 Å². The first-order chi connectivity index (χ1) is 5.20. The van der Waals surface area contributed by atoms with Gasteiger partial charge in [-0.3, -0.25) is 0 Å². The fraction of sp³-hybridized carbons (Fsp3) is 0.500. The van der Waals surface area contributed by atoms with Crippen LogP contribution in [0.5, 0.6) is 0 Å². The third-order valence-corrected chi connectivity index (χ3v) is 3.18. The molecule has 0 aromatic heterocycles. The van der Waals surface area contributed by atoms with E-state index in [0.717, 1.165) is 0 Å². The minimum atomic E-state index is -2.35. The van der Waals surface area contributed by atoms with Gasteiger partial charge >= 0.3 is 9.28 Å². The maximum Gasteiger partial charge on any atom is 0.316 e. The molecule has 11 heavy (non-hydrogen) atoms. The highest BCUT2D eigenvalue weighted by Gasteiger charge is 2.17. The zero-order valence-electron chi connectivity index (χ0n) is 6.64. The second kappa shape index (κ2) is 3.85. The zero-order valence-corrected chi connectivity index (χ0v) is 7.80. The fourth-order valence-electron chi connectivity index (χ4n) is 1.32. The van der Waals surface area contributed by atoms with E-state index in [2.05, 4.69) is 19.1 Å². The Balaban J connectivity index is 2.35. The molecule has 1 unspecified atom stereocenters. The van der Waals surface area contributed by atoms with Crippen LogP contribution in [0.4, 0.5) is 0 Å². The summed E-state index contributed by atoms with van der Waals surface area (Å²) in [6, 6.07) is 0.583. The summed E-state index contributed by atoms with van der Waals surface area (Å²) in [6.07, 6.45) is 8.21. The summed E-state index contributed by atoms with van der Waals surface area (Å²) < 4.78 is 0. The van der Waals surface area contributed by atoms with Gasteiger partial charge in [-0.05, 0) is 17.9 Å². The molecular weight excluding hydrogens is 156 g/mol. The van der Waals surface area contributed by atoms with Gasteiger partial charge in [0.15, 0.2) is 0 Å². The molecule has 0 radical (unpaired) electrons. The molecule has 1 aliphatic rings. The first-order valence-corrected chi connectivity index (χ1v) is 5.76. The largest absolute Gasteiger partial charge is 0.413 e. The molecule has 0 heterocycles. The number of hydrogen-bond donors (Lipinski definition) is 2. The Bertz CT molecular complexity index is 163. The van der Waals surface area contributed by atoms with E-state index >= 15 is 0 Å². The summed E-state index contributed by atoms with van der Waals surface area (Å²) in [5, 5.41) is 0. The molecule has 0 aromatic rings.